The van der Waals surface area contributed by atoms with Crippen molar-refractivity contribution in [2.24, 2.45) is 0 Å². The topological polar surface area (TPSA) is 12.9 Å². The van der Waals surface area contributed by atoms with Crippen LogP contribution in [0.1, 0.15) is 30.8 Å². The summed E-state index contributed by atoms with van der Waals surface area (Å²) in [6.45, 7) is 11.5. The molecule has 1 heterocycles. The maximum atomic E-state index is 4.03. The Labute approximate surface area is 78.5 Å². The molecule has 0 radical (unpaired) electrons. The van der Waals surface area contributed by atoms with Crippen molar-refractivity contribution in [3.8, 4) is 0 Å². The summed E-state index contributed by atoms with van der Waals surface area (Å²) in [4.78, 5) is 5.12. The fourth-order valence-corrected chi connectivity index (χ4v) is 1.20. The van der Waals surface area contributed by atoms with E-state index < -0.39 is 0 Å². The van der Waals surface area contributed by atoms with Crippen LogP contribution in [0.5, 0.6) is 0 Å². The molecule has 66 valence electrons. The van der Waals surface area contributed by atoms with Crippen molar-refractivity contribution < 1.29 is 0 Å². The first-order valence-corrected chi connectivity index (χ1v) is 4.86. The van der Waals surface area contributed by atoms with Gasteiger partial charge in [0, 0.05) is 0 Å². The highest BCUT2D eigenvalue weighted by molar-refractivity contribution is 7.10. The number of rotatable bonds is 2. The van der Waals surface area contributed by atoms with Gasteiger partial charge in [0.15, 0.2) is 0 Å². The van der Waals surface area contributed by atoms with E-state index in [1.165, 1.54) is 6.42 Å². The summed E-state index contributed by atoms with van der Waals surface area (Å²) >= 11 is 1.57. The molecule has 0 aliphatic carbocycles. The second-order valence-corrected chi connectivity index (χ2v) is 3.10. The largest absolute Gasteiger partial charge is 0.245 e. The van der Waals surface area contributed by atoms with Crippen molar-refractivity contribution in [2.75, 3.05) is 0 Å². The molecule has 0 amide bonds. The van der Waals surface area contributed by atoms with E-state index in [1.807, 2.05) is 0 Å². The average molecular weight is 181 g/mol. The van der Waals surface area contributed by atoms with Crippen LogP contribution >= 0.6 is 11.3 Å². The van der Waals surface area contributed by atoms with Crippen LogP contribution in [-0.2, 0) is 0 Å². The normalized spacial score (nSPS) is 8.17. The van der Waals surface area contributed by atoms with Crippen molar-refractivity contribution in [3.05, 3.63) is 29.2 Å². The summed E-state index contributed by atoms with van der Waals surface area (Å²) in [7, 11) is 0. The number of aromatic nitrogens is 1. The summed E-state index contributed by atoms with van der Waals surface area (Å²) in [5, 5.41) is 0. The molecule has 0 fully saturated rings. The Kier molecular flexibility index (Phi) is 6.29. The predicted octanol–water partition coefficient (Wildman–Crippen LogP) is 3.85. The van der Waals surface area contributed by atoms with Gasteiger partial charge in [0.05, 0.1) is 16.1 Å². The fourth-order valence-electron chi connectivity index (χ4n) is 0.570. The smallest absolute Gasteiger partial charge is 0.0805 e. The van der Waals surface area contributed by atoms with Gasteiger partial charge in [-0.25, -0.2) is 4.98 Å². The number of thiazole rings is 1. The molecule has 1 aromatic rings. The van der Waals surface area contributed by atoms with Crippen LogP contribution in [0.25, 0.3) is 12.2 Å². The molecular formula is C10H15NS. The zero-order valence-electron chi connectivity index (χ0n) is 7.71. The molecule has 0 atom stereocenters. The van der Waals surface area contributed by atoms with Crippen LogP contribution in [0.3, 0.4) is 0 Å². The molecule has 0 aromatic carbocycles. The summed E-state index contributed by atoms with van der Waals surface area (Å²) in [6.07, 6.45) is 4.77. The molecule has 2 heteroatoms. The minimum absolute atomic E-state index is 0.926. The van der Waals surface area contributed by atoms with Crippen molar-refractivity contribution in [3.63, 3.8) is 0 Å². The van der Waals surface area contributed by atoms with E-state index >= 15 is 0 Å². The molecule has 1 rings (SSSR count). The third-order valence-electron chi connectivity index (χ3n) is 1.00. The lowest BCUT2D eigenvalue weighted by Gasteiger charge is -1.83. The standard InChI is InChI=1S/C7H7NS.C3H8/c1-3-6-7(4-2)9-5-8-6;1-3-2/h3-5H,1-2H2;3H2,1-2H3. The van der Waals surface area contributed by atoms with E-state index in [-0.39, 0.29) is 0 Å². The lowest BCUT2D eigenvalue weighted by atomic mass is 10.3. The molecule has 0 bridgehead atoms. The number of nitrogens with zero attached hydrogens (tertiary/aromatic N) is 1. The number of hydrogen-bond donors (Lipinski definition) is 0. The lowest BCUT2D eigenvalue weighted by molar-refractivity contribution is 1.09. The summed E-state index contributed by atoms with van der Waals surface area (Å²) in [5.74, 6) is 0. The molecule has 12 heavy (non-hydrogen) atoms. The van der Waals surface area contributed by atoms with E-state index in [4.69, 9.17) is 0 Å². The van der Waals surface area contributed by atoms with Crippen LogP contribution in [0.15, 0.2) is 18.7 Å². The van der Waals surface area contributed by atoms with Crippen molar-refractivity contribution >= 4 is 23.5 Å². The summed E-state index contributed by atoms with van der Waals surface area (Å²) < 4.78 is 0. The second-order valence-electron chi connectivity index (χ2n) is 2.22. The van der Waals surface area contributed by atoms with E-state index in [2.05, 4.69) is 32.0 Å². The van der Waals surface area contributed by atoms with Gasteiger partial charge in [-0.15, -0.1) is 11.3 Å². The summed E-state index contributed by atoms with van der Waals surface area (Å²) in [6, 6.07) is 0. The lowest BCUT2D eigenvalue weighted by Crippen LogP contribution is -1.70. The van der Waals surface area contributed by atoms with Crippen LogP contribution in [0.4, 0.5) is 0 Å². The zero-order valence-corrected chi connectivity index (χ0v) is 8.53. The van der Waals surface area contributed by atoms with E-state index in [0.717, 1.165) is 10.6 Å². The van der Waals surface area contributed by atoms with E-state index in [9.17, 15) is 0 Å². The molecule has 0 aliphatic rings. The molecule has 0 spiro atoms. The fraction of sp³-hybridized carbons (Fsp3) is 0.300. The van der Waals surface area contributed by atoms with Crippen molar-refractivity contribution in [1.82, 2.24) is 4.98 Å². The van der Waals surface area contributed by atoms with E-state index in [0.29, 0.717) is 0 Å². The minimum Gasteiger partial charge on any atom is -0.245 e. The van der Waals surface area contributed by atoms with Gasteiger partial charge in [-0.05, 0) is 12.2 Å². The van der Waals surface area contributed by atoms with Gasteiger partial charge >= 0.3 is 0 Å². The highest BCUT2D eigenvalue weighted by atomic mass is 32.1. The maximum absolute atomic E-state index is 4.03. The van der Waals surface area contributed by atoms with Gasteiger partial charge in [0.2, 0.25) is 0 Å². The maximum Gasteiger partial charge on any atom is 0.0805 e. The van der Waals surface area contributed by atoms with Gasteiger partial charge in [-0.3, -0.25) is 0 Å². The van der Waals surface area contributed by atoms with Crippen LogP contribution in [0, 0.1) is 0 Å². The molecule has 0 saturated heterocycles. The first-order chi connectivity index (χ1) is 5.79. The van der Waals surface area contributed by atoms with Crippen LogP contribution < -0.4 is 0 Å². The molecule has 0 aliphatic heterocycles. The molecule has 0 saturated carbocycles. The van der Waals surface area contributed by atoms with Gasteiger partial charge in [-0.2, -0.15) is 0 Å². The third kappa shape index (κ3) is 3.49. The Morgan fingerprint density at radius 3 is 2.33 bits per heavy atom. The van der Waals surface area contributed by atoms with Gasteiger partial charge in [0.1, 0.15) is 0 Å². The molecule has 1 nitrogen and oxygen atoms in total. The monoisotopic (exact) mass is 181 g/mol. The van der Waals surface area contributed by atoms with Crippen molar-refractivity contribution in [1.29, 1.82) is 0 Å². The second kappa shape index (κ2) is 6.80. The molecule has 0 N–H and O–H groups in total. The van der Waals surface area contributed by atoms with E-state index in [1.54, 1.807) is 29.0 Å². The van der Waals surface area contributed by atoms with Gasteiger partial charge in [-0.1, -0.05) is 33.4 Å². The molecule has 1 aromatic heterocycles. The van der Waals surface area contributed by atoms with Gasteiger partial charge < -0.3 is 0 Å². The number of hydrogen-bond acceptors (Lipinski definition) is 2. The third-order valence-corrected chi connectivity index (χ3v) is 1.84. The zero-order chi connectivity index (χ0) is 9.40. The Balaban J connectivity index is 0.000000354. The van der Waals surface area contributed by atoms with Crippen LogP contribution in [-0.4, -0.2) is 4.98 Å². The van der Waals surface area contributed by atoms with Crippen LogP contribution in [0.2, 0.25) is 0 Å². The average Bonchev–Trinajstić information content (AvgIpc) is 2.52. The Hall–Kier alpha value is -0.890. The predicted molar refractivity (Wildman–Crippen MR) is 58.3 cm³/mol. The van der Waals surface area contributed by atoms with Gasteiger partial charge in [0.25, 0.3) is 0 Å². The van der Waals surface area contributed by atoms with Crippen molar-refractivity contribution in [2.45, 2.75) is 20.3 Å². The first kappa shape index (κ1) is 11.1. The Morgan fingerprint density at radius 1 is 1.42 bits per heavy atom. The molecule has 0 unspecified atom stereocenters. The summed E-state index contributed by atoms with van der Waals surface area (Å²) in [5.41, 5.74) is 2.71. The Bertz CT molecular complexity index is 215. The Morgan fingerprint density at radius 2 is 2.00 bits per heavy atom. The quantitative estimate of drug-likeness (QED) is 0.675. The highest BCUT2D eigenvalue weighted by Crippen LogP contribution is 2.14. The first-order valence-electron chi connectivity index (χ1n) is 3.98. The minimum atomic E-state index is 0.926. The molecular weight excluding hydrogens is 166 g/mol. The highest BCUT2D eigenvalue weighted by Gasteiger charge is 1.94. The SMILES string of the molecule is C=Cc1ncsc1C=C.CCC.